The molecule has 0 amide bonds. The van der Waals surface area contributed by atoms with Crippen LogP contribution >= 0.6 is 0 Å². The van der Waals surface area contributed by atoms with Crippen molar-refractivity contribution < 1.29 is 4.79 Å². The van der Waals surface area contributed by atoms with Crippen LogP contribution in [0.25, 0.3) is 0 Å². The van der Waals surface area contributed by atoms with E-state index < -0.39 is 0 Å². The summed E-state index contributed by atoms with van der Waals surface area (Å²) in [4.78, 5) is 10.6. The lowest BCUT2D eigenvalue weighted by atomic mass is 9.85. The third-order valence-electron chi connectivity index (χ3n) is 2.16. The standard InChI is InChI=1S/C9H14O/c1-9(2,7-10)8-5-3-4-6-8/h5,7H,3-4,6H2,1-2H3. The summed E-state index contributed by atoms with van der Waals surface area (Å²) in [7, 11) is 0. The average molecular weight is 138 g/mol. The highest BCUT2D eigenvalue weighted by molar-refractivity contribution is 5.63. The van der Waals surface area contributed by atoms with Crippen molar-refractivity contribution >= 4 is 6.29 Å². The van der Waals surface area contributed by atoms with E-state index >= 15 is 0 Å². The van der Waals surface area contributed by atoms with Gasteiger partial charge in [-0.25, -0.2) is 0 Å². The molecule has 0 atom stereocenters. The van der Waals surface area contributed by atoms with E-state index in [1.165, 1.54) is 12.0 Å². The molecule has 0 aromatic heterocycles. The molecule has 0 saturated heterocycles. The van der Waals surface area contributed by atoms with E-state index in [1.54, 1.807) is 0 Å². The number of aldehydes is 1. The Kier molecular flexibility index (Phi) is 1.93. The van der Waals surface area contributed by atoms with Crippen LogP contribution in [-0.2, 0) is 4.79 Å². The Morgan fingerprint density at radius 3 is 2.70 bits per heavy atom. The summed E-state index contributed by atoms with van der Waals surface area (Å²) in [5.41, 5.74) is 1.12. The minimum Gasteiger partial charge on any atom is -0.302 e. The van der Waals surface area contributed by atoms with Gasteiger partial charge >= 0.3 is 0 Å². The highest BCUT2D eigenvalue weighted by Gasteiger charge is 2.23. The van der Waals surface area contributed by atoms with Crippen molar-refractivity contribution in [2.24, 2.45) is 5.41 Å². The summed E-state index contributed by atoms with van der Waals surface area (Å²) in [6, 6.07) is 0. The summed E-state index contributed by atoms with van der Waals surface area (Å²) in [5.74, 6) is 0. The zero-order valence-corrected chi connectivity index (χ0v) is 6.68. The molecular weight excluding hydrogens is 124 g/mol. The Morgan fingerprint density at radius 2 is 2.30 bits per heavy atom. The lowest BCUT2D eigenvalue weighted by Gasteiger charge is -2.17. The molecule has 0 unspecified atom stereocenters. The maximum Gasteiger partial charge on any atom is 0.129 e. The van der Waals surface area contributed by atoms with E-state index in [9.17, 15) is 4.79 Å². The second-order valence-corrected chi connectivity index (χ2v) is 3.46. The lowest BCUT2D eigenvalue weighted by Crippen LogP contribution is -2.14. The van der Waals surface area contributed by atoms with Crippen LogP contribution in [-0.4, -0.2) is 6.29 Å². The van der Waals surface area contributed by atoms with Crippen LogP contribution < -0.4 is 0 Å². The molecule has 10 heavy (non-hydrogen) atoms. The predicted octanol–water partition coefficient (Wildman–Crippen LogP) is 2.32. The van der Waals surface area contributed by atoms with Crippen LogP contribution in [0.4, 0.5) is 0 Å². The van der Waals surface area contributed by atoms with Crippen molar-refractivity contribution in [2.75, 3.05) is 0 Å². The second kappa shape index (κ2) is 2.57. The van der Waals surface area contributed by atoms with Gasteiger partial charge in [0.15, 0.2) is 0 Å². The molecule has 1 nitrogen and oxygen atoms in total. The maximum absolute atomic E-state index is 10.6. The van der Waals surface area contributed by atoms with Gasteiger partial charge in [-0.15, -0.1) is 0 Å². The normalized spacial score (nSPS) is 18.8. The Balaban J connectivity index is 2.71. The average Bonchev–Trinajstić information content (AvgIpc) is 2.38. The molecule has 0 aliphatic heterocycles. The maximum atomic E-state index is 10.6. The van der Waals surface area contributed by atoms with Gasteiger partial charge in [0.25, 0.3) is 0 Å². The zero-order valence-electron chi connectivity index (χ0n) is 6.68. The molecule has 0 aromatic carbocycles. The number of hydrogen-bond acceptors (Lipinski definition) is 1. The molecule has 1 heteroatoms. The van der Waals surface area contributed by atoms with Crippen molar-refractivity contribution in [1.29, 1.82) is 0 Å². The lowest BCUT2D eigenvalue weighted by molar-refractivity contribution is -0.113. The second-order valence-electron chi connectivity index (χ2n) is 3.46. The van der Waals surface area contributed by atoms with Crippen molar-refractivity contribution in [3.05, 3.63) is 11.6 Å². The topological polar surface area (TPSA) is 17.1 Å². The Labute approximate surface area is 62.1 Å². The van der Waals surface area contributed by atoms with E-state index in [0.717, 1.165) is 19.1 Å². The number of carbonyl (C=O) groups excluding carboxylic acids is 1. The van der Waals surface area contributed by atoms with E-state index in [0.29, 0.717) is 0 Å². The van der Waals surface area contributed by atoms with Crippen LogP contribution in [0.3, 0.4) is 0 Å². The van der Waals surface area contributed by atoms with Gasteiger partial charge < -0.3 is 4.79 Å². The first-order chi connectivity index (χ1) is 4.67. The van der Waals surface area contributed by atoms with Crippen molar-refractivity contribution in [3.8, 4) is 0 Å². The van der Waals surface area contributed by atoms with E-state index in [1.807, 2.05) is 13.8 Å². The van der Waals surface area contributed by atoms with Gasteiger partial charge in [0.1, 0.15) is 6.29 Å². The van der Waals surface area contributed by atoms with E-state index in [-0.39, 0.29) is 5.41 Å². The Hall–Kier alpha value is -0.590. The molecule has 0 saturated carbocycles. The van der Waals surface area contributed by atoms with E-state index in [4.69, 9.17) is 0 Å². The predicted molar refractivity (Wildman–Crippen MR) is 41.8 cm³/mol. The summed E-state index contributed by atoms with van der Waals surface area (Å²) in [5, 5.41) is 0. The van der Waals surface area contributed by atoms with Gasteiger partial charge in [-0.2, -0.15) is 0 Å². The van der Waals surface area contributed by atoms with Gasteiger partial charge in [-0.3, -0.25) is 0 Å². The van der Waals surface area contributed by atoms with Gasteiger partial charge in [0.05, 0.1) is 0 Å². The highest BCUT2D eigenvalue weighted by atomic mass is 16.1. The molecule has 0 N–H and O–H groups in total. The third-order valence-corrected chi connectivity index (χ3v) is 2.16. The highest BCUT2D eigenvalue weighted by Crippen LogP contribution is 2.32. The quantitative estimate of drug-likeness (QED) is 0.423. The number of hydrogen-bond donors (Lipinski definition) is 0. The molecule has 0 aromatic rings. The molecular formula is C9H14O. The molecule has 0 radical (unpaired) electrons. The first-order valence-corrected chi connectivity index (χ1v) is 3.82. The van der Waals surface area contributed by atoms with Gasteiger partial charge in [-0.1, -0.05) is 11.6 Å². The smallest absolute Gasteiger partial charge is 0.129 e. The van der Waals surface area contributed by atoms with Gasteiger partial charge in [0, 0.05) is 5.41 Å². The molecule has 1 rings (SSSR count). The number of allylic oxidation sites excluding steroid dienone is 2. The van der Waals surface area contributed by atoms with Crippen LogP contribution in [0.15, 0.2) is 11.6 Å². The van der Waals surface area contributed by atoms with Crippen LogP contribution in [0.5, 0.6) is 0 Å². The molecule has 0 bridgehead atoms. The first-order valence-electron chi connectivity index (χ1n) is 3.82. The monoisotopic (exact) mass is 138 g/mol. The van der Waals surface area contributed by atoms with Crippen LogP contribution in [0.1, 0.15) is 33.1 Å². The first kappa shape index (κ1) is 7.52. The summed E-state index contributed by atoms with van der Waals surface area (Å²) in [6.45, 7) is 3.97. The third kappa shape index (κ3) is 1.28. The minimum atomic E-state index is -0.198. The molecule has 0 fully saturated rings. The van der Waals surface area contributed by atoms with Crippen molar-refractivity contribution in [3.63, 3.8) is 0 Å². The van der Waals surface area contributed by atoms with E-state index in [2.05, 4.69) is 6.08 Å². The fourth-order valence-corrected chi connectivity index (χ4v) is 1.33. The molecule has 56 valence electrons. The molecule has 0 spiro atoms. The fourth-order valence-electron chi connectivity index (χ4n) is 1.33. The molecule has 0 heterocycles. The van der Waals surface area contributed by atoms with Crippen molar-refractivity contribution in [1.82, 2.24) is 0 Å². The summed E-state index contributed by atoms with van der Waals surface area (Å²) < 4.78 is 0. The minimum absolute atomic E-state index is 0.198. The fraction of sp³-hybridized carbons (Fsp3) is 0.667. The van der Waals surface area contributed by atoms with Crippen LogP contribution in [0, 0.1) is 5.41 Å². The summed E-state index contributed by atoms with van der Waals surface area (Å²) in [6.07, 6.45) is 6.75. The van der Waals surface area contributed by atoms with Crippen LogP contribution in [0.2, 0.25) is 0 Å². The van der Waals surface area contributed by atoms with Gasteiger partial charge in [0.2, 0.25) is 0 Å². The number of rotatable bonds is 2. The SMILES string of the molecule is CC(C)(C=O)C1=CCCC1. The van der Waals surface area contributed by atoms with Crippen molar-refractivity contribution in [2.45, 2.75) is 33.1 Å². The summed E-state index contributed by atoms with van der Waals surface area (Å²) >= 11 is 0. The molecule has 1 aliphatic rings. The molecule has 1 aliphatic carbocycles. The largest absolute Gasteiger partial charge is 0.302 e. The Morgan fingerprint density at radius 1 is 1.60 bits per heavy atom. The Bertz CT molecular complexity index is 166. The zero-order chi connectivity index (χ0) is 7.61. The number of carbonyl (C=O) groups is 1. The van der Waals surface area contributed by atoms with Gasteiger partial charge in [-0.05, 0) is 33.1 Å².